The van der Waals surface area contributed by atoms with Gasteiger partial charge in [0.2, 0.25) is 21.9 Å². The molecule has 1 N–H and O–H groups in total. The molecule has 178 valence electrons. The molecule has 6 nitrogen and oxygen atoms in total. The van der Waals surface area contributed by atoms with Crippen LogP contribution in [0.2, 0.25) is 0 Å². The van der Waals surface area contributed by atoms with Crippen LogP contribution in [0, 0.1) is 11.6 Å². The topological polar surface area (TPSA) is 75.7 Å². The number of carbonyl (C=O) groups excluding carboxylic acids is 1. The number of piperidine rings is 1. The van der Waals surface area contributed by atoms with Gasteiger partial charge in [0.05, 0.1) is 25.1 Å². The van der Waals surface area contributed by atoms with Crippen molar-refractivity contribution >= 4 is 15.9 Å². The molecule has 2 aromatic rings. The number of sulfonamides is 1. The highest BCUT2D eigenvalue weighted by molar-refractivity contribution is 7.89. The molecular formula is C22H22F4N2O4S. The Kier molecular flexibility index (Phi) is 6.62. The van der Waals surface area contributed by atoms with Crippen LogP contribution in [0.1, 0.15) is 18.4 Å². The third kappa shape index (κ3) is 4.70. The lowest BCUT2D eigenvalue weighted by Gasteiger charge is -2.43. The van der Waals surface area contributed by atoms with E-state index in [1.807, 2.05) is 4.72 Å². The van der Waals surface area contributed by atoms with Crippen molar-refractivity contribution in [2.75, 3.05) is 19.2 Å². The molecule has 0 saturated carbocycles. The summed E-state index contributed by atoms with van der Waals surface area (Å²) in [5.74, 6) is -2.12. The van der Waals surface area contributed by atoms with Crippen LogP contribution in [0.25, 0.3) is 11.1 Å². The molecule has 0 aromatic heterocycles. The number of nitrogens with one attached hydrogen (secondary N) is 1. The molecule has 0 spiro atoms. The SMILES string of the molecule is O=C1CCOc2c(F)cccc2-c2cccc(c2F)C[C@H]2[C@@H](NS(=O)(=O)CF)[C@@H](F)CCN12. The minimum Gasteiger partial charge on any atom is -0.489 e. The van der Waals surface area contributed by atoms with Crippen molar-refractivity contribution in [1.29, 1.82) is 0 Å². The van der Waals surface area contributed by atoms with E-state index in [0.29, 0.717) is 0 Å². The Morgan fingerprint density at radius 1 is 1.12 bits per heavy atom. The summed E-state index contributed by atoms with van der Waals surface area (Å²) in [5, 5.41) is 0. The Labute approximate surface area is 188 Å². The number of benzene rings is 2. The van der Waals surface area contributed by atoms with Crippen LogP contribution in [0.5, 0.6) is 5.75 Å². The normalized spacial score (nSPS) is 23.6. The summed E-state index contributed by atoms with van der Waals surface area (Å²) < 4.78 is 89.1. The van der Waals surface area contributed by atoms with Crippen molar-refractivity contribution in [1.82, 2.24) is 9.62 Å². The van der Waals surface area contributed by atoms with Crippen molar-refractivity contribution in [2.24, 2.45) is 0 Å². The lowest BCUT2D eigenvalue weighted by atomic mass is 9.88. The monoisotopic (exact) mass is 486 g/mol. The summed E-state index contributed by atoms with van der Waals surface area (Å²) in [6, 6.07) is 4.13. The van der Waals surface area contributed by atoms with Crippen molar-refractivity contribution in [3.05, 3.63) is 53.6 Å². The van der Waals surface area contributed by atoms with E-state index in [4.69, 9.17) is 4.74 Å². The van der Waals surface area contributed by atoms with E-state index in [1.165, 1.54) is 35.2 Å². The molecule has 2 bridgehead atoms. The molecular weight excluding hydrogens is 464 g/mol. The third-order valence-corrected chi connectivity index (χ3v) is 6.88. The van der Waals surface area contributed by atoms with E-state index in [1.54, 1.807) is 0 Å². The average molecular weight is 486 g/mol. The van der Waals surface area contributed by atoms with Gasteiger partial charge in [0.1, 0.15) is 12.0 Å². The number of amides is 1. The smallest absolute Gasteiger partial charge is 0.241 e. The Bertz CT molecular complexity index is 1160. The molecule has 0 radical (unpaired) electrons. The molecule has 3 atom stereocenters. The number of halogens is 4. The van der Waals surface area contributed by atoms with Crippen molar-refractivity contribution in [3.63, 3.8) is 0 Å². The zero-order valence-electron chi connectivity index (χ0n) is 17.4. The first-order valence-corrected chi connectivity index (χ1v) is 12.1. The van der Waals surface area contributed by atoms with Crippen LogP contribution in [0.3, 0.4) is 0 Å². The summed E-state index contributed by atoms with van der Waals surface area (Å²) >= 11 is 0. The maximum Gasteiger partial charge on any atom is 0.241 e. The van der Waals surface area contributed by atoms with Gasteiger partial charge < -0.3 is 9.64 Å². The molecule has 0 aliphatic carbocycles. The molecule has 0 unspecified atom stereocenters. The first-order valence-electron chi connectivity index (χ1n) is 10.4. The Balaban J connectivity index is 1.83. The molecule has 33 heavy (non-hydrogen) atoms. The molecule has 2 aliphatic rings. The minimum atomic E-state index is -4.45. The number of carbonyl (C=O) groups is 1. The van der Waals surface area contributed by atoms with Gasteiger partial charge in [-0.3, -0.25) is 4.79 Å². The number of rotatable bonds is 3. The first-order chi connectivity index (χ1) is 15.7. The molecule has 2 aromatic carbocycles. The number of nitrogens with zero attached hydrogens (tertiary/aromatic N) is 1. The minimum absolute atomic E-state index is 0.0369. The van der Waals surface area contributed by atoms with Crippen molar-refractivity contribution in [3.8, 4) is 16.9 Å². The molecule has 1 amide bonds. The van der Waals surface area contributed by atoms with Gasteiger partial charge in [-0.05, 0) is 24.5 Å². The lowest BCUT2D eigenvalue weighted by Crippen LogP contribution is -2.62. The Morgan fingerprint density at radius 3 is 2.61 bits per heavy atom. The maximum absolute atomic E-state index is 15.6. The number of ether oxygens (including phenoxy) is 1. The molecule has 1 saturated heterocycles. The van der Waals surface area contributed by atoms with Crippen LogP contribution in [0.15, 0.2) is 36.4 Å². The molecule has 11 heteroatoms. The zero-order chi connectivity index (χ0) is 23.8. The average Bonchev–Trinajstić information content (AvgIpc) is 2.78. The van der Waals surface area contributed by atoms with E-state index in [2.05, 4.69) is 0 Å². The highest BCUT2D eigenvalue weighted by Gasteiger charge is 2.43. The van der Waals surface area contributed by atoms with Gasteiger partial charge in [-0.2, -0.15) is 0 Å². The fourth-order valence-corrected chi connectivity index (χ4v) is 5.19. The fraction of sp³-hybridized carbons (Fsp3) is 0.409. The quantitative estimate of drug-likeness (QED) is 0.677. The summed E-state index contributed by atoms with van der Waals surface area (Å²) in [7, 11) is -4.45. The van der Waals surface area contributed by atoms with Crippen molar-refractivity contribution < 1.29 is 35.5 Å². The molecule has 2 aliphatic heterocycles. The number of para-hydroxylation sites is 1. The van der Waals surface area contributed by atoms with Gasteiger partial charge in [0, 0.05) is 17.7 Å². The van der Waals surface area contributed by atoms with E-state index in [-0.39, 0.29) is 54.9 Å². The number of hydrogen-bond donors (Lipinski definition) is 1. The third-order valence-electron chi connectivity index (χ3n) is 5.96. The van der Waals surface area contributed by atoms with Crippen LogP contribution < -0.4 is 9.46 Å². The molecule has 2 heterocycles. The standard InChI is InChI=1S/C22H22F4N2O4S/c23-12-33(30,31)27-21-16(24)7-9-28-18(21)11-13-3-1-4-14(20(13)26)15-5-2-6-17(25)22(15)32-10-8-19(28)29/h1-6,16,18,21,27H,7-12H2/t16-,18-,21-/m0/s1. The van der Waals surface area contributed by atoms with E-state index in [9.17, 15) is 26.4 Å². The van der Waals surface area contributed by atoms with Crippen LogP contribution >= 0.6 is 0 Å². The second-order valence-electron chi connectivity index (χ2n) is 8.02. The summed E-state index contributed by atoms with van der Waals surface area (Å²) in [4.78, 5) is 14.2. The van der Waals surface area contributed by atoms with Gasteiger partial charge in [-0.1, -0.05) is 30.3 Å². The lowest BCUT2D eigenvalue weighted by molar-refractivity contribution is -0.137. The van der Waals surface area contributed by atoms with Gasteiger partial charge in [-0.15, -0.1) is 0 Å². The summed E-state index contributed by atoms with van der Waals surface area (Å²) in [6.07, 6.45) is -2.30. The Hall–Kier alpha value is -2.66. The van der Waals surface area contributed by atoms with Gasteiger partial charge in [-0.25, -0.2) is 30.7 Å². The van der Waals surface area contributed by atoms with E-state index < -0.39 is 51.8 Å². The largest absolute Gasteiger partial charge is 0.489 e. The van der Waals surface area contributed by atoms with Crippen LogP contribution in [0.4, 0.5) is 17.6 Å². The molecule has 1 fully saturated rings. The zero-order valence-corrected chi connectivity index (χ0v) is 18.3. The number of fused-ring (bicyclic) bond motifs is 5. The maximum atomic E-state index is 15.6. The van der Waals surface area contributed by atoms with Crippen LogP contribution in [-0.2, 0) is 21.2 Å². The second kappa shape index (κ2) is 9.30. The first kappa shape index (κ1) is 23.5. The Morgan fingerprint density at radius 2 is 1.85 bits per heavy atom. The van der Waals surface area contributed by atoms with Gasteiger partial charge in [0.15, 0.2) is 11.6 Å². The van der Waals surface area contributed by atoms with E-state index >= 15 is 4.39 Å². The highest BCUT2D eigenvalue weighted by atomic mass is 32.2. The predicted molar refractivity (Wildman–Crippen MR) is 112 cm³/mol. The number of alkyl halides is 2. The highest BCUT2D eigenvalue weighted by Crippen LogP contribution is 2.36. The second-order valence-corrected chi connectivity index (χ2v) is 9.71. The van der Waals surface area contributed by atoms with Crippen LogP contribution in [-0.4, -0.2) is 56.6 Å². The van der Waals surface area contributed by atoms with Gasteiger partial charge >= 0.3 is 0 Å². The number of hydrogen-bond acceptors (Lipinski definition) is 4. The van der Waals surface area contributed by atoms with Gasteiger partial charge in [0.25, 0.3) is 0 Å². The fourth-order valence-electron chi connectivity index (χ4n) is 4.40. The molecule has 4 rings (SSSR count). The summed E-state index contributed by atoms with van der Waals surface area (Å²) in [5.41, 5.74) is 0.277. The van der Waals surface area contributed by atoms with E-state index in [0.717, 1.165) is 6.07 Å². The van der Waals surface area contributed by atoms with Crippen molar-refractivity contribution in [2.45, 2.75) is 37.5 Å². The summed E-state index contributed by atoms with van der Waals surface area (Å²) in [6.45, 7) is -0.262. The predicted octanol–water partition coefficient (Wildman–Crippen LogP) is 3.11.